The molecule has 1 unspecified atom stereocenters. The number of aromatic nitrogens is 5. The summed E-state index contributed by atoms with van der Waals surface area (Å²) in [5.41, 5.74) is 0. The molecule has 1 saturated heterocycles. The Kier molecular flexibility index (Phi) is 3.79. The molecule has 8 heteroatoms. The van der Waals surface area contributed by atoms with Gasteiger partial charge in [0.05, 0.1) is 6.10 Å². The van der Waals surface area contributed by atoms with Crippen LogP contribution in [0.2, 0.25) is 5.28 Å². The Morgan fingerprint density at radius 3 is 2.90 bits per heavy atom. The zero-order valence-electron chi connectivity index (χ0n) is 11.1. The summed E-state index contributed by atoms with van der Waals surface area (Å²) in [5, 5.41) is 4.27. The van der Waals surface area contributed by atoms with E-state index in [9.17, 15) is 0 Å². The number of hydrogen-bond donors (Lipinski definition) is 0. The summed E-state index contributed by atoms with van der Waals surface area (Å²) in [5.74, 6) is 0.988. The van der Waals surface area contributed by atoms with Crippen molar-refractivity contribution in [1.82, 2.24) is 24.7 Å². The Morgan fingerprint density at radius 1 is 1.30 bits per heavy atom. The first-order chi connectivity index (χ1) is 9.76. The first-order valence-corrected chi connectivity index (χ1v) is 6.83. The van der Waals surface area contributed by atoms with Crippen molar-refractivity contribution >= 4 is 17.5 Å². The van der Waals surface area contributed by atoms with Crippen LogP contribution >= 0.6 is 11.6 Å². The number of ether oxygens (including phenoxy) is 1. The van der Waals surface area contributed by atoms with Gasteiger partial charge in [0, 0.05) is 32.6 Å². The molecule has 0 saturated carbocycles. The van der Waals surface area contributed by atoms with Crippen molar-refractivity contribution in [2.45, 2.75) is 18.9 Å². The highest BCUT2D eigenvalue weighted by atomic mass is 35.5. The van der Waals surface area contributed by atoms with Crippen LogP contribution in [0.15, 0.2) is 18.5 Å². The van der Waals surface area contributed by atoms with Gasteiger partial charge in [-0.3, -0.25) is 0 Å². The molecule has 0 bridgehead atoms. The topological polar surface area (TPSA) is 69.0 Å². The third-order valence-corrected chi connectivity index (χ3v) is 3.46. The number of piperidine rings is 1. The van der Waals surface area contributed by atoms with Crippen LogP contribution in [0.1, 0.15) is 12.8 Å². The highest BCUT2D eigenvalue weighted by Gasteiger charge is 2.22. The van der Waals surface area contributed by atoms with E-state index < -0.39 is 0 Å². The molecule has 106 valence electrons. The summed E-state index contributed by atoms with van der Waals surface area (Å²) in [7, 11) is 1.73. The number of nitrogens with zero attached hydrogens (tertiary/aromatic N) is 6. The van der Waals surface area contributed by atoms with Gasteiger partial charge >= 0.3 is 0 Å². The maximum Gasteiger partial charge on any atom is 0.256 e. The highest BCUT2D eigenvalue weighted by Crippen LogP contribution is 2.19. The van der Waals surface area contributed by atoms with Crippen molar-refractivity contribution in [3.8, 4) is 5.95 Å². The average Bonchev–Trinajstić information content (AvgIpc) is 3.01. The van der Waals surface area contributed by atoms with Gasteiger partial charge < -0.3 is 9.64 Å². The molecular formula is C12H15ClN6O. The molecule has 2 aromatic heterocycles. The monoisotopic (exact) mass is 294 g/mol. The lowest BCUT2D eigenvalue weighted by Gasteiger charge is -2.31. The lowest BCUT2D eigenvalue weighted by atomic mass is 10.1. The average molecular weight is 295 g/mol. The second kappa shape index (κ2) is 5.72. The summed E-state index contributed by atoms with van der Waals surface area (Å²) >= 11 is 6.00. The fourth-order valence-electron chi connectivity index (χ4n) is 2.27. The number of halogens is 1. The predicted molar refractivity (Wildman–Crippen MR) is 74.2 cm³/mol. The molecule has 1 aliphatic heterocycles. The minimum Gasteiger partial charge on any atom is -0.380 e. The molecule has 7 nitrogen and oxygen atoms in total. The van der Waals surface area contributed by atoms with Crippen molar-refractivity contribution in [3.63, 3.8) is 0 Å². The predicted octanol–water partition coefficient (Wildman–Crippen LogP) is 1.33. The van der Waals surface area contributed by atoms with E-state index in [1.165, 1.54) is 0 Å². The van der Waals surface area contributed by atoms with Gasteiger partial charge in [-0.2, -0.15) is 20.1 Å². The highest BCUT2D eigenvalue weighted by molar-refractivity contribution is 6.28. The molecule has 2 aromatic rings. The lowest BCUT2D eigenvalue weighted by Crippen LogP contribution is -2.40. The molecule has 0 radical (unpaired) electrons. The quantitative estimate of drug-likeness (QED) is 0.850. The summed E-state index contributed by atoms with van der Waals surface area (Å²) < 4.78 is 6.98. The molecule has 20 heavy (non-hydrogen) atoms. The second-order valence-corrected chi connectivity index (χ2v) is 4.94. The van der Waals surface area contributed by atoms with Crippen LogP contribution in [0.4, 0.5) is 5.95 Å². The van der Waals surface area contributed by atoms with Gasteiger partial charge in [-0.1, -0.05) is 0 Å². The number of rotatable bonds is 3. The van der Waals surface area contributed by atoms with Crippen molar-refractivity contribution in [1.29, 1.82) is 0 Å². The van der Waals surface area contributed by atoms with Gasteiger partial charge in [0.15, 0.2) is 0 Å². The zero-order valence-corrected chi connectivity index (χ0v) is 11.9. The van der Waals surface area contributed by atoms with E-state index in [2.05, 4.69) is 25.0 Å². The minimum absolute atomic E-state index is 0.167. The van der Waals surface area contributed by atoms with Gasteiger partial charge in [-0.25, -0.2) is 4.68 Å². The fraction of sp³-hybridized carbons (Fsp3) is 0.500. The van der Waals surface area contributed by atoms with Gasteiger partial charge in [0.1, 0.15) is 0 Å². The molecule has 0 N–H and O–H groups in total. The van der Waals surface area contributed by atoms with Gasteiger partial charge in [0.25, 0.3) is 5.95 Å². The van der Waals surface area contributed by atoms with Crippen LogP contribution < -0.4 is 4.90 Å². The van der Waals surface area contributed by atoms with Crippen molar-refractivity contribution < 1.29 is 4.74 Å². The Labute approximate surface area is 121 Å². The van der Waals surface area contributed by atoms with Crippen molar-refractivity contribution in [3.05, 3.63) is 23.7 Å². The summed E-state index contributed by atoms with van der Waals surface area (Å²) in [6.45, 7) is 1.65. The van der Waals surface area contributed by atoms with E-state index in [0.29, 0.717) is 11.9 Å². The zero-order chi connectivity index (χ0) is 13.9. The first kappa shape index (κ1) is 13.3. The van der Waals surface area contributed by atoms with Crippen LogP contribution in [-0.4, -0.2) is 51.0 Å². The van der Waals surface area contributed by atoms with Gasteiger partial charge in [-0.15, -0.1) is 0 Å². The Hall–Kier alpha value is -1.73. The molecule has 0 aliphatic carbocycles. The third-order valence-electron chi connectivity index (χ3n) is 3.29. The van der Waals surface area contributed by atoms with Gasteiger partial charge in [-0.05, 0) is 30.5 Å². The number of anilines is 1. The molecule has 0 amide bonds. The normalized spacial score (nSPS) is 19.3. The van der Waals surface area contributed by atoms with Crippen LogP contribution in [0.25, 0.3) is 5.95 Å². The van der Waals surface area contributed by atoms with Crippen LogP contribution in [0.3, 0.4) is 0 Å². The maximum atomic E-state index is 6.00. The van der Waals surface area contributed by atoms with E-state index >= 15 is 0 Å². The molecule has 3 rings (SSSR count). The molecular weight excluding hydrogens is 280 g/mol. The molecule has 1 aliphatic rings. The van der Waals surface area contributed by atoms with E-state index in [-0.39, 0.29) is 11.4 Å². The fourth-order valence-corrected chi connectivity index (χ4v) is 2.42. The Bertz CT molecular complexity index is 575. The van der Waals surface area contributed by atoms with E-state index in [0.717, 1.165) is 25.9 Å². The first-order valence-electron chi connectivity index (χ1n) is 6.45. The van der Waals surface area contributed by atoms with Gasteiger partial charge in [0.2, 0.25) is 11.2 Å². The largest absolute Gasteiger partial charge is 0.380 e. The summed E-state index contributed by atoms with van der Waals surface area (Å²) in [6.07, 6.45) is 5.73. The molecule has 1 atom stereocenters. The van der Waals surface area contributed by atoms with E-state index in [1.807, 2.05) is 0 Å². The minimum atomic E-state index is 0.167. The van der Waals surface area contributed by atoms with Crippen LogP contribution in [-0.2, 0) is 4.74 Å². The standard InChI is InChI=1S/C12H15ClN6O/c1-20-9-4-2-6-18(8-9)11-15-10(13)16-12(17-11)19-7-3-5-14-19/h3,5,7,9H,2,4,6,8H2,1H3. The third kappa shape index (κ3) is 2.73. The van der Waals surface area contributed by atoms with Crippen molar-refractivity contribution in [2.75, 3.05) is 25.1 Å². The van der Waals surface area contributed by atoms with E-state index in [4.69, 9.17) is 16.3 Å². The second-order valence-electron chi connectivity index (χ2n) is 4.60. The molecule has 1 fully saturated rings. The number of methoxy groups -OCH3 is 1. The SMILES string of the molecule is COC1CCCN(c2nc(Cl)nc(-n3cccn3)n2)C1. The summed E-state index contributed by atoms with van der Waals surface area (Å²) in [6, 6.07) is 1.80. The van der Waals surface area contributed by atoms with E-state index in [1.54, 1.807) is 30.3 Å². The van der Waals surface area contributed by atoms with Crippen LogP contribution in [0.5, 0.6) is 0 Å². The van der Waals surface area contributed by atoms with Crippen LogP contribution in [0, 0.1) is 0 Å². The molecule has 0 spiro atoms. The molecule has 3 heterocycles. The molecule has 0 aromatic carbocycles. The smallest absolute Gasteiger partial charge is 0.256 e. The lowest BCUT2D eigenvalue weighted by molar-refractivity contribution is 0.0889. The number of hydrogen-bond acceptors (Lipinski definition) is 6. The van der Waals surface area contributed by atoms with Crippen molar-refractivity contribution in [2.24, 2.45) is 0 Å². The Morgan fingerprint density at radius 2 is 2.15 bits per heavy atom. The Balaban J connectivity index is 1.89. The summed E-state index contributed by atoms with van der Waals surface area (Å²) in [4.78, 5) is 14.8. The maximum absolute atomic E-state index is 6.00.